The number of urea groups is 1. The molecule has 0 radical (unpaired) electrons. The molecule has 2 saturated heterocycles. The van der Waals surface area contributed by atoms with Crippen molar-refractivity contribution in [1.29, 1.82) is 0 Å². The van der Waals surface area contributed by atoms with Crippen LogP contribution in [0, 0.1) is 0 Å². The van der Waals surface area contributed by atoms with Crippen molar-refractivity contribution >= 4 is 21.6 Å². The third-order valence-electron chi connectivity index (χ3n) is 4.49. The average Bonchev–Trinajstić information content (AvgIpc) is 2.88. The number of rotatable bonds is 3. The summed E-state index contributed by atoms with van der Waals surface area (Å²) in [6.07, 6.45) is -0.104. The summed E-state index contributed by atoms with van der Waals surface area (Å²) < 4.78 is 49.2. The van der Waals surface area contributed by atoms with Crippen LogP contribution in [0.2, 0.25) is 0 Å². The van der Waals surface area contributed by atoms with Crippen molar-refractivity contribution in [1.82, 2.24) is 9.80 Å². The van der Waals surface area contributed by atoms with Gasteiger partial charge in [0, 0.05) is 38.3 Å². The summed E-state index contributed by atoms with van der Waals surface area (Å²) >= 11 is 0. The minimum absolute atomic E-state index is 0.0141. The highest BCUT2D eigenvalue weighted by Crippen LogP contribution is 2.28. The van der Waals surface area contributed by atoms with E-state index >= 15 is 0 Å². The summed E-state index contributed by atoms with van der Waals surface area (Å²) in [4.78, 5) is 15.3. The van der Waals surface area contributed by atoms with E-state index in [2.05, 4.69) is 5.32 Å². The van der Waals surface area contributed by atoms with Gasteiger partial charge in [0.05, 0.1) is 18.1 Å². The standard InChI is InChI=1S/C16H21F2N3O3S/c17-16(18)5-6-20(12-16)11-13-1-3-14(4-2-13)19-15(22)21-7-9-25(23,24)10-8-21/h1-4H,5-12H2,(H,19,22). The summed E-state index contributed by atoms with van der Waals surface area (Å²) in [6.45, 7) is 0.991. The maximum atomic E-state index is 13.2. The molecule has 9 heteroatoms. The van der Waals surface area contributed by atoms with Gasteiger partial charge in [-0.25, -0.2) is 22.0 Å². The summed E-state index contributed by atoms with van der Waals surface area (Å²) in [5.41, 5.74) is 1.49. The van der Waals surface area contributed by atoms with Crippen LogP contribution in [0.4, 0.5) is 19.3 Å². The molecule has 0 unspecified atom stereocenters. The number of halogens is 2. The minimum Gasteiger partial charge on any atom is -0.322 e. The van der Waals surface area contributed by atoms with Crippen LogP contribution in [-0.2, 0) is 16.4 Å². The number of anilines is 1. The lowest BCUT2D eigenvalue weighted by molar-refractivity contribution is 0.0115. The van der Waals surface area contributed by atoms with Crippen molar-refractivity contribution in [2.24, 2.45) is 0 Å². The molecule has 2 heterocycles. The number of nitrogens with zero attached hydrogens (tertiary/aromatic N) is 2. The normalized spacial score (nSPS) is 22.7. The molecule has 1 aromatic carbocycles. The Morgan fingerprint density at radius 3 is 2.32 bits per heavy atom. The van der Waals surface area contributed by atoms with Gasteiger partial charge in [-0.3, -0.25) is 4.90 Å². The van der Waals surface area contributed by atoms with Crippen molar-refractivity contribution in [3.05, 3.63) is 29.8 Å². The van der Waals surface area contributed by atoms with Gasteiger partial charge in [-0.05, 0) is 17.7 Å². The number of carbonyl (C=O) groups excluding carboxylic acids is 1. The number of hydrogen-bond acceptors (Lipinski definition) is 4. The Labute approximate surface area is 145 Å². The van der Waals surface area contributed by atoms with Crippen molar-refractivity contribution < 1.29 is 22.0 Å². The van der Waals surface area contributed by atoms with E-state index in [4.69, 9.17) is 0 Å². The first-order valence-electron chi connectivity index (χ1n) is 8.18. The van der Waals surface area contributed by atoms with E-state index in [1.165, 1.54) is 4.90 Å². The molecule has 1 aromatic rings. The molecule has 0 aliphatic carbocycles. The Morgan fingerprint density at radius 1 is 1.12 bits per heavy atom. The van der Waals surface area contributed by atoms with Crippen LogP contribution < -0.4 is 5.32 Å². The number of likely N-dealkylation sites (tertiary alicyclic amines) is 1. The highest BCUT2D eigenvalue weighted by Gasteiger charge is 2.37. The fraction of sp³-hybridized carbons (Fsp3) is 0.562. The highest BCUT2D eigenvalue weighted by molar-refractivity contribution is 7.91. The Kier molecular flexibility index (Phi) is 4.97. The molecule has 2 fully saturated rings. The van der Waals surface area contributed by atoms with Gasteiger partial charge in [0.25, 0.3) is 5.92 Å². The van der Waals surface area contributed by atoms with Crippen LogP contribution >= 0.6 is 0 Å². The fourth-order valence-corrected chi connectivity index (χ4v) is 4.21. The van der Waals surface area contributed by atoms with Gasteiger partial charge < -0.3 is 10.2 Å². The average molecular weight is 373 g/mol. The maximum absolute atomic E-state index is 13.2. The van der Waals surface area contributed by atoms with Gasteiger partial charge in [-0.15, -0.1) is 0 Å². The zero-order valence-corrected chi connectivity index (χ0v) is 14.6. The molecular weight excluding hydrogens is 352 g/mol. The van der Waals surface area contributed by atoms with Crippen LogP contribution in [0.1, 0.15) is 12.0 Å². The molecule has 2 amide bonds. The second-order valence-electron chi connectivity index (χ2n) is 6.58. The lowest BCUT2D eigenvalue weighted by Crippen LogP contribution is -2.45. The lowest BCUT2D eigenvalue weighted by Gasteiger charge is -2.26. The predicted octanol–water partition coefficient (Wildman–Crippen LogP) is 1.79. The molecule has 0 atom stereocenters. The van der Waals surface area contributed by atoms with E-state index in [0.717, 1.165) is 5.56 Å². The van der Waals surface area contributed by atoms with Crippen molar-refractivity contribution in [2.45, 2.75) is 18.9 Å². The second kappa shape index (κ2) is 6.87. The number of sulfone groups is 1. The molecule has 0 bridgehead atoms. The predicted molar refractivity (Wildman–Crippen MR) is 90.5 cm³/mol. The van der Waals surface area contributed by atoms with E-state index < -0.39 is 15.8 Å². The second-order valence-corrected chi connectivity index (χ2v) is 8.89. The van der Waals surface area contributed by atoms with Crippen molar-refractivity contribution in [2.75, 3.05) is 43.0 Å². The Morgan fingerprint density at radius 2 is 1.76 bits per heavy atom. The molecule has 138 valence electrons. The summed E-state index contributed by atoms with van der Waals surface area (Å²) in [7, 11) is -3.03. The van der Waals surface area contributed by atoms with Crippen LogP contribution in [-0.4, -0.2) is 67.9 Å². The summed E-state index contributed by atoms with van der Waals surface area (Å²) in [6, 6.07) is 6.71. The zero-order valence-electron chi connectivity index (χ0n) is 13.7. The maximum Gasteiger partial charge on any atom is 0.321 e. The molecule has 1 N–H and O–H groups in total. The number of amides is 2. The highest BCUT2D eigenvalue weighted by atomic mass is 32.2. The van der Waals surface area contributed by atoms with Crippen LogP contribution in [0.15, 0.2) is 24.3 Å². The zero-order chi connectivity index (χ0) is 18.1. The van der Waals surface area contributed by atoms with Crippen LogP contribution in [0.25, 0.3) is 0 Å². The van der Waals surface area contributed by atoms with E-state index in [0.29, 0.717) is 18.8 Å². The van der Waals surface area contributed by atoms with E-state index in [-0.39, 0.29) is 43.6 Å². The first-order valence-corrected chi connectivity index (χ1v) is 10.0. The number of hydrogen-bond donors (Lipinski definition) is 1. The molecule has 2 aliphatic rings. The SMILES string of the molecule is O=C(Nc1ccc(CN2CCC(F)(F)C2)cc1)N1CCS(=O)(=O)CC1. The number of alkyl halides is 2. The van der Waals surface area contributed by atoms with Gasteiger partial charge in [0.15, 0.2) is 9.84 Å². The number of carbonyl (C=O) groups is 1. The first-order chi connectivity index (χ1) is 11.7. The summed E-state index contributed by atoms with van der Waals surface area (Å²) in [5.74, 6) is -2.63. The molecule has 0 spiro atoms. The molecule has 25 heavy (non-hydrogen) atoms. The van der Waals surface area contributed by atoms with E-state index in [1.54, 1.807) is 29.2 Å². The van der Waals surface area contributed by atoms with Crippen molar-refractivity contribution in [3.63, 3.8) is 0 Å². The first kappa shape index (κ1) is 18.1. The molecule has 0 saturated carbocycles. The smallest absolute Gasteiger partial charge is 0.321 e. The van der Waals surface area contributed by atoms with Gasteiger partial charge in [-0.1, -0.05) is 12.1 Å². The van der Waals surface area contributed by atoms with Crippen LogP contribution in [0.5, 0.6) is 0 Å². The number of nitrogens with one attached hydrogen (secondary N) is 1. The molecule has 6 nitrogen and oxygen atoms in total. The summed E-state index contributed by atoms with van der Waals surface area (Å²) in [5, 5.41) is 2.73. The van der Waals surface area contributed by atoms with E-state index in [1.807, 2.05) is 0 Å². The minimum atomic E-state index is -3.03. The number of benzene rings is 1. The Hall–Kier alpha value is -1.74. The fourth-order valence-electron chi connectivity index (χ4n) is 3.01. The molecule has 0 aromatic heterocycles. The van der Waals surface area contributed by atoms with Crippen molar-refractivity contribution in [3.8, 4) is 0 Å². The topological polar surface area (TPSA) is 69.7 Å². The quantitative estimate of drug-likeness (QED) is 0.877. The molecule has 2 aliphatic heterocycles. The lowest BCUT2D eigenvalue weighted by atomic mass is 10.2. The molecular formula is C16H21F2N3O3S. The largest absolute Gasteiger partial charge is 0.322 e. The van der Waals surface area contributed by atoms with Gasteiger partial charge >= 0.3 is 6.03 Å². The van der Waals surface area contributed by atoms with E-state index in [9.17, 15) is 22.0 Å². The molecule has 3 rings (SSSR count). The Bertz CT molecular complexity index is 723. The Balaban J connectivity index is 1.51. The third-order valence-corrected chi connectivity index (χ3v) is 6.10. The van der Waals surface area contributed by atoms with Gasteiger partial charge in [0.1, 0.15) is 0 Å². The van der Waals surface area contributed by atoms with Crippen LogP contribution in [0.3, 0.4) is 0 Å². The van der Waals surface area contributed by atoms with Gasteiger partial charge in [0.2, 0.25) is 0 Å². The van der Waals surface area contributed by atoms with Gasteiger partial charge in [-0.2, -0.15) is 0 Å². The monoisotopic (exact) mass is 373 g/mol. The third kappa shape index (κ3) is 4.88.